The Morgan fingerprint density at radius 3 is 2.40 bits per heavy atom. The van der Waals surface area contributed by atoms with Crippen molar-refractivity contribution in [1.29, 1.82) is 0 Å². The van der Waals surface area contributed by atoms with Gasteiger partial charge in [0.15, 0.2) is 0 Å². The van der Waals surface area contributed by atoms with E-state index in [1.165, 1.54) is 24.8 Å². The monoisotopic (exact) mass is 204 g/mol. The van der Waals surface area contributed by atoms with Gasteiger partial charge in [-0.2, -0.15) is 0 Å². The summed E-state index contributed by atoms with van der Waals surface area (Å²) in [6, 6.07) is 10.7. The summed E-state index contributed by atoms with van der Waals surface area (Å²) in [5.74, 6) is 0.459. The van der Waals surface area contributed by atoms with Crippen LogP contribution >= 0.6 is 0 Å². The van der Waals surface area contributed by atoms with Gasteiger partial charge in [0.05, 0.1) is 0 Å². The minimum Gasteiger partial charge on any atom is -0.327 e. The number of hydrogen-bond donors (Lipinski definition) is 2. The Morgan fingerprint density at radius 2 is 1.73 bits per heavy atom. The van der Waals surface area contributed by atoms with Gasteiger partial charge in [0.1, 0.15) is 0 Å². The van der Waals surface area contributed by atoms with E-state index in [1.54, 1.807) is 0 Å². The van der Waals surface area contributed by atoms with Crippen molar-refractivity contribution in [3.8, 4) is 0 Å². The van der Waals surface area contributed by atoms with Crippen LogP contribution in [0.4, 0.5) is 0 Å². The standard InChI is InChI=1S/C13H20N2/c14-12-9-5-4-8-11(12)13(15)10-6-2-1-3-7-10/h1-3,6-7,11-13H,4-5,8-9,14-15H2. The van der Waals surface area contributed by atoms with Crippen LogP contribution in [0.2, 0.25) is 0 Å². The third kappa shape index (κ3) is 2.39. The summed E-state index contributed by atoms with van der Waals surface area (Å²) in [7, 11) is 0. The molecule has 82 valence electrons. The van der Waals surface area contributed by atoms with Crippen LogP contribution in [0, 0.1) is 5.92 Å². The lowest BCUT2D eigenvalue weighted by atomic mass is 9.78. The first-order valence-electron chi connectivity index (χ1n) is 5.85. The van der Waals surface area contributed by atoms with Gasteiger partial charge >= 0.3 is 0 Å². The molecule has 3 unspecified atom stereocenters. The van der Waals surface area contributed by atoms with Crippen molar-refractivity contribution in [2.24, 2.45) is 17.4 Å². The number of hydrogen-bond acceptors (Lipinski definition) is 2. The lowest BCUT2D eigenvalue weighted by Gasteiger charge is -2.33. The molecule has 0 aliphatic heterocycles. The molecule has 4 N–H and O–H groups in total. The summed E-state index contributed by atoms with van der Waals surface area (Å²) in [5.41, 5.74) is 13.6. The van der Waals surface area contributed by atoms with Crippen LogP contribution in [-0.4, -0.2) is 6.04 Å². The summed E-state index contributed by atoms with van der Waals surface area (Å²) in [5, 5.41) is 0. The van der Waals surface area contributed by atoms with E-state index >= 15 is 0 Å². The van der Waals surface area contributed by atoms with E-state index < -0.39 is 0 Å². The molecule has 1 fully saturated rings. The van der Waals surface area contributed by atoms with Crippen molar-refractivity contribution in [2.75, 3.05) is 0 Å². The predicted octanol–water partition coefficient (Wildman–Crippen LogP) is 2.20. The molecule has 0 spiro atoms. The first-order valence-corrected chi connectivity index (χ1v) is 5.85. The second kappa shape index (κ2) is 4.77. The van der Waals surface area contributed by atoms with Crippen molar-refractivity contribution >= 4 is 0 Å². The van der Waals surface area contributed by atoms with Crippen LogP contribution in [-0.2, 0) is 0 Å². The fraction of sp³-hybridized carbons (Fsp3) is 0.538. The van der Waals surface area contributed by atoms with Crippen molar-refractivity contribution in [1.82, 2.24) is 0 Å². The average Bonchev–Trinajstić information content (AvgIpc) is 2.30. The maximum absolute atomic E-state index is 6.28. The minimum absolute atomic E-state index is 0.112. The second-order valence-electron chi connectivity index (χ2n) is 4.55. The summed E-state index contributed by atoms with van der Waals surface area (Å²) in [6.45, 7) is 0. The van der Waals surface area contributed by atoms with Crippen LogP contribution in [0.3, 0.4) is 0 Å². The molecule has 15 heavy (non-hydrogen) atoms. The molecule has 0 amide bonds. The van der Waals surface area contributed by atoms with Crippen LogP contribution in [0.1, 0.15) is 37.3 Å². The van der Waals surface area contributed by atoms with E-state index in [1.807, 2.05) is 18.2 Å². The van der Waals surface area contributed by atoms with E-state index in [9.17, 15) is 0 Å². The molecular weight excluding hydrogens is 184 g/mol. The summed E-state index contributed by atoms with van der Waals surface area (Å²) >= 11 is 0. The van der Waals surface area contributed by atoms with E-state index in [-0.39, 0.29) is 12.1 Å². The van der Waals surface area contributed by atoms with Crippen molar-refractivity contribution in [2.45, 2.75) is 37.8 Å². The molecule has 2 heteroatoms. The average molecular weight is 204 g/mol. The zero-order chi connectivity index (χ0) is 10.7. The van der Waals surface area contributed by atoms with Gasteiger partial charge in [-0.15, -0.1) is 0 Å². The predicted molar refractivity (Wildman–Crippen MR) is 63.3 cm³/mol. The van der Waals surface area contributed by atoms with Gasteiger partial charge in [0.25, 0.3) is 0 Å². The molecule has 1 aromatic rings. The number of nitrogens with two attached hydrogens (primary N) is 2. The highest BCUT2D eigenvalue weighted by molar-refractivity contribution is 5.19. The molecule has 1 aliphatic carbocycles. The van der Waals surface area contributed by atoms with Gasteiger partial charge in [-0.3, -0.25) is 0 Å². The van der Waals surface area contributed by atoms with E-state index in [2.05, 4.69) is 12.1 Å². The van der Waals surface area contributed by atoms with E-state index in [0.29, 0.717) is 5.92 Å². The van der Waals surface area contributed by atoms with Gasteiger partial charge in [-0.25, -0.2) is 0 Å². The van der Waals surface area contributed by atoms with Crippen molar-refractivity contribution < 1.29 is 0 Å². The highest BCUT2D eigenvalue weighted by Gasteiger charge is 2.27. The lowest BCUT2D eigenvalue weighted by molar-refractivity contribution is 0.265. The molecule has 0 radical (unpaired) electrons. The summed E-state index contributed by atoms with van der Waals surface area (Å²) in [4.78, 5) is 0. The molecule has 1 aliphatic rings. The number of benzene rings is 1. The third-order valence-electron chi connectivity index (χ3n) is 3.52. The Balaban J connectivity index is 2.09. The van der Waals surface area contributed by atoms with Crippen molar-refractivity contribution in [3.63, 3.8) is 0 Å². The molecule has 1 aromatic carbocycles. The van der Waals surface area contributed by atoms with Crippen molar-refractivity contribution in [3.05, 3.63) is 35.9 Å². The molecule has 2 nitrogen and oxygen atoms in total. The lowest BCUT2D eigenvalue weighted by Crippen LogP contribution is -2.39. The highest BCUT2D eigenvalue weighted by atomic mass is 14.7. The van der Waals surface area contributed by atoms with Gasteiger partial charge < -0.3 is 11.5 Å². The summed E-state index contributed by atoms with van der Waals surface area (Å²) in [6.07, 6.45) is 4.85. The molecule has 1 saturated carbocycles. The third-order valence-corrected chi connectivity index (χ3v) is 3.52. The zero-order valence-corrected chi connectivity index (χ0v) is 9.10. The van der Waals surface area contributed by atoms with Gasteiger partial charge in [-0.05, 0) is 24.3 Å². The van der Waals surface area contributed by atoms with Gasteiger partial charge in [0, 0.05) is 12.1 Å². The zero-order valence-electron chi connectivity index (χ0n) is 9.10. The minimum atomic E-state index is 0.112. The fourth-order valence-electron chi connectivity index (χ4n) is 2.56. The first-order chi connectivity index (χ1) is 7.29. The largest absolute Gasteiger partial charge is 0.327 e. The van der Waals surface area contributed by atoms with E-state index in [4.69, 9.17) is 11.5 Å². The highest BCUT2D eigenvalue weighted by Crippen LogP contribution is 2.31. The van der Waals surface area contributed by atoms with Gasteiger partial charge in [-0.1, -0.05) is 43.2 Å². The molecular formula is C13H20N2. The normalized spacial score (nSPS) is 28.7. The Labute approximate surface area is 91.7 Å². The molecule has 0 bridgehead atoms. The molecule has 0 saturated heterocycles. The fourth-order valence-corrected chi connectivity index (χ4v) is 2.56. The topological polar surface area (TPSA) is 52.0 Å². The second-order valence-corrected chi connectivity index (χ2v) is 4.55. The quantitative estimate of drug-likeness (QED) is 0.776. The Hall–Kier alpha value is -0.860. The van der Waals surface area contributed by atoms with Crippen LogP contribution < -0.4 is 11.5 Å². The molecule has 0 aromatic heterocycles. The SMILES string of the molecule is NC1CCCCC1C(N)c1ccccc1. The smallest absolute Gasteiger partial charge is 0.0338 e. The Morgan fingerprint density at radius 1 is 1.07 bits per heavy atom. The molecule has 0 heterocycles. The Kier molecular flexibility index (Phi) is 3.39. The van der Waals surface area contributed by atoms with Crippen LogP contribution in [0.25, 0.3) is 0 Å². The van der Waals surface area contributed by atoms with E-state index in [0.717, 1.165) is 6.42 Å². The van der Waals surface area contributed by atoms with Gasteiger partial charge in [0.2, 0.25) is 0 Å². The first kappa shape index (κ1) is 10.7. The maximum atomic E-state index is 6.28. The van der Waals surface area contributed by atoms with Crippen LogP contribution in [0.5, 0.6) is 0 Å². The summed E-state index contributed by atoms with van der Waals surface area (Å²) < 4.78 is 0. The molecule has 2 rings (SSSR count). The van der Waals surface area contributed by atoms with Crippen LogP contribution in [0.15, 0.2) is 30.3 Å². The maximum Gasteiger partial charge on any atom is 0.0338 e. The number of rotatable bonds is 2. The Bertz CT molecular complexity index is 297. The molecule has 3 atom stereocenters.